The highest BCUT2D eigenvalue weighted by Crippen LogP contribution is 2.13. The van der Waals surface area contributed by atoms with Crippen molar-refractivity contribution < 1.29 is 19.1 Å². The van der Waals surface area contributed by atoms with E-state index in [0.29, 0.717) is 17.6 Å². The van der Waals surface area contributed by atoms with Crippen LogP contribution in [0.25, 0.3) is 0 Å². The molecular weight excluding hydrogens is 278 g/mol. The Morgan fingerprint density at radius 3 is 3.00 bits per heavy atom. The quantitative estimate of drug-likeness (QED) is 0.825. The van der Waals surface area contributed by atoms with E-state index in [1.54, 1.807) is 12.1 Å². The van der Waals surface area contributed by atoms with Gasteiger partial charge in [0.05, 0.1) is 12.7 Å². The number of halogens is 1. The summed E-state index contributed by atoms with van der Waals surface area (Å²) in [6, 6.07) is 3.22. The van der Waals surface area contributed by atoms with Crippen LogP contribution in [0, 0.1) is 0 Å². The molecule has 1 aromatic heterocycles. The maximum Gasteiger partial charge on any atom is 0.287 e. The third kappa shape index (κ3) is 4.34. The van der Waals surface area contributed by atoms with Gasteiger partial charge < -0.3 is 19.6 Å². The SMILES string of the molecule is COCC(O)CCNC(=O)c1ccc(Br)o1. The summed E-state index contributed by atoms with van der Waals surface area (Å²) in [5.41, 5.74) is 0. The Labute approximate surface area is 102 Å². The molecule has 0 fully saturated rings. The summed E-state index contributed by atoms with van der Waals surface area (Å²) in [5.74, 6) is -0.0524. The van der Waals surface area contributed by atoms with Gasteiger partial charge in [-0.15, -0.1) is 0 Å². The normalized spacial score (nSPS) is 12.4. The number of ether oxygens (including phenoxy) is 1. The van der Waals surface area contributed by atoms with Gasteiger partial charge in [0, 0.05) is 13.7 Å². The second-order valence-corrected chi connectivity index (χ2v) is 4.04. The molecule has 1 aromatic rings. The summed E-state index contributed by atoms with van der Waals surface area (Å²) in [6.45, 7) is 0.643. The molecule has 1 atom stereocenters. The molecule has 16 heavy (non-hydrogen) atoms. The van der Waals surface area contributed by atoms with Crippen molar-refractivity contribution in [3.05, 3.63) is 22.6 Å². The van der Waals surface area contributed by atoms with E-state index < -0.39 is 6.10 Å². The van der Waals surface area contributed by atoms with Gasteiger partial charge in [0.2, 0.25) is 0 Å². The molecule has 0 aliphatic carbocycles. The van der Waals surface area contributed by atoms with Crippen molar-refractivity contribution >= 4 is 21.8 Å². The van der Waals surface area contributed by atoms with Crippen LogP contribution in [0.1, 0.15) is 17.0 Å². The molecule has 2 N–H and O–H groups in total. The number of rotatable bonds is 6. The zero-order chi connectivity index (χ0) is 12.0. The molecule has 5 nitrogen and oxygen atoms in total. The second kappa shape index (κ2) is 6.67. The van der Waals surface area contributed by atoms with E-state index in [1.165, 1.54) is 7.11 Å². The van der Waals surface area contributed by atoms with Gasteiger partial charge >= 0.3 is 0 Å². The molecule has 6 heteroatoms. The maximum atomic E-state index is 11.5. The van der Waals surface area contributed by atoms with Crippen molar-refractivity contribution in [3.63, 3.8) is 0 Å². The average Bonchev–Trinajstić information content (AvgIpc) is 2.65. The van der Waals surface area contributed by atoms with E-state index in [2.05, 4.69) is 21.2 Å². The second-order valence-electron chi connectivity index (χ2n) is 3.26. The maximum absolute atomic E-state index is 11.5. The van der Waals surface area contributed by atoms with Crippen molar-refractivity contribution in [3.8, 4) is 0 Å². The molecule has 1 amide bonds. The first-order chi connectivity index (χ1) is 7.63. The molecule has 0 spiro atoms. The third-order valence-electron chi connectivity index (χ3n) is 1.92. The number of hydrogen-bond donors (Lipinski definition) is 2. The van der Waals surface area contributed by atoms with Gasteiger partial charge in [0.1, 0.15) is 0 Å². The zero-order valence-corrected chi connectivity index (χ0v) is 10.5. The number of hydrogen-bond acceptors (Lipinski definition) is 4. The highest BCUT2D eigenvalue weighted by atomic mass is 79.9. The summed E-state index contributed by atoms with van der Waals surface area (Å²) >= 11 is 3.11. The van der Waals surface area contributed by atoms with E-state index in [9.17, 15) is 9.90 Å². The van der Waals surface area contributed by atoms with Crippen molar-refractivity contribution in [2.75, 3.05) is 20.3 Å². The zero-order valence-electron chi connectivity index (χ0n) is 8.90. The number of nitrogens with one attached hydrogen (secondary N) is 1. The van der Waals surface area contributed by atoms with E-state index in [1.807, 2.05) is 0 Å². The van der Waals surface area contributed by atoms with Crippen LogP contribution >= 0.6 is 15.9 Å². The molecule has 0 aromatic carbocycles. The first-order valence-electron chi connectivity index (χ1n) is 4.84. The van der Waals surface area contributed by atoms with Crippen molar-refractivity contribution in [2.24, 2.45) is 0 Å². The van der Waals surface area contributed by atoms with Crippen LogP contribution in [-0.2, 0) is 4.74 Å². The summed E-state index contributed by atoms with van der Waals surface area (Å²) < 4.78 is 10.3. The van der Waals surface area contributed by atoms with Crippen LogP contribution in [0.2, 0.25) is 0 Å². The number of carbonyl (C=O) groups excluding carboxylic acids is 1. The predicted molar refractivity (Wildman–Crippen MR) is 61.2 cm³/mol. The Balaban J connectivity index is 2.25. The van der Waals surface area contributed by atoms with E-state index in [-0.39, 0.29) is 18.3 Å². The Morgan fingerprint density at radius 2 is 2.44 bits per heavy atom. The van der Waals surface area contributed by atoms with Crippen LogP contribution < -0.4 is 5.32 Å². The van der Waals surface area contributed by atoms with Gasteiger partial charge in [-0.25, -0.2) is 0 Å². The number of aliphatic hydroxyl groups is 1. The van der Waals surface area contributed by atoms with Gasteiger partial charge in [0.25, 0.3) is 5.91 Å². The number of aliphatic hydroxyl groups excluding tert-OH is 1. The Morgan fingerprint density at radius 1 is 1.69 bits per heavy atom. The Hall–Kier alpha value is -0.850. The topological polar surface area (TPSA) is 71.7 Å². The summed E-state index contributed by atoms with van der Waals surface area (Å²) in [7, 11) is 1.52. The monoisotopic (exact) mass is 291 g/mol. The summed E-state index contributed by atoms with van der Waals surface area (Å²) in [6.07, 6.45) is -0.116. The first kappa shape index (κ1) is 13.2. The molecule has 0 saturated carbocycles. The lowest BCUT2D eigenvalue weighted by atomic mass is 10.2. The van der Waals surface area contributed by atoms with Gasteiger partial charge in [-0.3, -0.25) is 4.79 Å². The molecule has 0 aliphatic heterocycles. The molecule has 1 unspecified atom stereocenters. The standard InChI is InChI=1S/C10H14BrNO4/c1-15-6-7(13)4-5-12-10(14)8-2-3-9(11)16-8/h2-3,7,13H,4-6H2,1H3,(H,12,14). The summed E-state index contributed by atoms with van der Waals surface area (Å²) in [4.78, 5) is 11.5. The first-order valence-corrected chi connectivity index (χ1v) is 5.63. The van der Waals surface area contributed by atoms with Crippen LogP contribution in [-0.4, -0.2) is 37.4 Å². The van der Waals surface area contributed by atoms with Crippen LogP contribution in [0.3, 0.4) is 0 Å². The fourth-order valence-corrected chi connectivity index (χ4v) is 1.46. The molecule has 0 bridgehead atoms. The fraction of sp³-hybridized carbons (Fsp3) is 0.500. The lowest BCUT2D eigenvalue weighted by molar-refractivity contribution is 0.0586. The number of carbonyl (C=O) groups is 1. The smallest absolute Gasteiger partial charge is 0.287 e. The molecule has 1 rings (SSSR count). The van der Waals surface area contributed by atoms with Gasteiger partial charge in [-0.2, -0.15) is 0 Å². The van der Waals surface area contributed by atoms with Gasteiger partial charge in [-0.1, -0.05) is 0 Å². The number of amides is 1. The minimum Gasteiger partial charge on any atom is -0.444 e. The minimum atomic E-state index is -0.561. The summed E-state index contributed by atoms with van der Waals surface area (Å²) in [5, 5.41) is 12.0. The molecule has 1 heterocycles. The lowest BCUT2D eigenvalue weighted by Crippen LogP contribution is -2.28. The fourth-order valence-electron chi connectivity index (χ4n) is 1.15. The van der Waals surface area contributed by atoms with Crippen LogP contribution in [0.15, 0.2) is 21.2 Å². The highest BCUT2D eigenvalue weighted by molar-refractivity contribution is 9.10. The Kier molecular flexibility index (Phi) is 5.51. The molecule has 90 valence electrons. The van der Waals surface area contributed by atoms with E-state index in [0.717, 1.165) is 0 Å². The van der Waals surface area contributed by atoms with E-state index in [4.69, 9.17) is 9.15 Å². The van der Waals surface area contributed by atoms with Crippen LogP contribution in [0.5, 0.6) is 0 Å². The average molecular weight is 292 g/mol. The van der Waals surface area contributed by atoms with Gasteiger partial charge in [-0.05, 0) is 34.5 Å². The minimum absolute atomic E-state index is 0.244. The van der Waals surface area contributed by atoms with Gasteiger partial charge in [0.15, 0.2) is 10.4 Å². The largest absolute Gasteiger partial charge is 0.444 e. The molecule has 0 aliphatic rings. The molecule has 0 radical (unpaired) electrons. The van der Waals surface area contributed by atoms with Crippen molar-refractivity contribution in [2.45, 2.75) is 12.5 Å². The van der Waals surface area contributed by atoms with E-state index >= 15 is 0 Å². The number of methoxy groups -OCH3 is 1. The van der Waals surface area contributed by atoms with Crippen molar-refractivity contribution in [1.29, 1.82) is 0 Å². The molecule has 0 saturated heterocycles. The van der Waals surface area contributed by atoms with Crippen molar-refractivity contribution in [1.82, 2.24) is 5.32 Å². The Bertz CT molecular complexity index is 339. The predicted octanol–water partition coefficient (Wildman–Crippen LogP) is 1.17. The van der Waals surface area contributed by atoms with Crippen LogP contribution in [0.4, 0.5) is 0 Å². The third-order valence-corrected chi connectivity index (χ3v) is 2.35. The lowest BCUT2D eigenvalue weighted by Gasteiger charge is -2.09. The highest BCUT2D eigenvalue weighted by Gasteiger charge is 2.10. The number of furan rings is 1. The molecular formula is C10H14BrNO4.